The molecule has 1 unspecified atom stereocenters. The SMILES string of the molecule is COc1cc(CNC(=S)OCC(COC(=O)C(C)(C)C)Cc2ccc(C)c(C)c2)ccc1O. The van der Waals surface area contributed by atoms with Gasteiger partial charge in [-0.2, -0.15) is 0 Å². The van der Waals surface area contributed by atoms with Crippen LogP contribution in [-0.4, -0.2) is 36.6 Å². The second kappa shape index (κ2) is 11.9. The first-order valence-corrected chi connectivity index (χ1v) is 11.4. The minimum atomic E-state index is -0.562. The summed E-state index contributed by atoms with van der Waals surface area (Å²) in [6, 6.07) is 11.4. The van der Waals surface area contributed by atoms with Gasteiger partial charge in [0, 0.05) is 12.5 Å². The summed E-state index contributed by atoms with van der Waals surface area (Å²) in [5, 5.41) is 13.0. The highest BCUT2D eigenvalue weighted by Crippen LogP contribution is 2.26. The first kappa shape index (κ1) is 26.5. The number of ether oxygens (including phenoxy) is 3. The van der Waals surface area contributed by atoms with E-state index in [2.05, 4.69) is 37.4 Å². The number of hydrogen-bond donors (Lipinski definition) is 2. The molecule has 0 saturated heterocycles. The van der Waals surface area contributed by atoms with Gasteiger partial charge in [0.15, 0.2) is 11.5 Å². The number of carbonyl (C=O) groups excluding carboxylic acids is 1. The molecule has 2 aromatic rings. The standard InChI is InChI=1S/C26H35NO5S/c1-17-7-8-19(11-18(17)2)12-21(15-31-24(29)26(3,4)5)16-32-25(33)27-14-20-9-10-22(28)23(13-20)30-6/h7-11,13,21,28H,12,14-16H2,1-6H3,(H,27,33). The topological polar surface area (TPSA) is 77.0 Å². The summed E-state index contributed by atoms with van der Waals surface area (Å²) in [5.74, 6) is 0.191. The van der Waals surface area contributed by atoms with Crippen molar-refractivity contribution >= 4 is 23.4 Å². The van der Waals surface area contributed by atoms with Crippen LogP contribution in [0.1, 0.15) is 43.0 Å². The third kappa shape index (κ3) is 8.57. The molecule has 0 radical (unpaired) electrons. The molecular weight excluding hydrogens is 438 g/mol. The van der Waals surface area contributed by atoms with Gasteiger partial charge < -0.3 is 24.6 Å². The van der Waals surface area contributed by atoms with Gasteiger partial charge in [0.1, 0.15) is 0 Å². The number of aromatic hydroxyl groups is 1. The second-order valence-corrected chi connectivity index (χ2v) is 9.67. The van der Waals surface area contributed by atoms with Crippen LogP contribution in [0.3, 0.4) is 0 Å². The van der Waals surface area contributed by atoms with Crippen LogP contribution < -0.4 is 10.1 Å². The predicted octanol–water partition coefficient (Wildman–Crippen LogP) is 4.86. The normalized spacial score (nSPS) is 12.1. The van der Waals surface area contributed by atoms with E-state index in [4.69, 9.17) is 26.4 Å². The Hall–Kier alpha value is -2.80. The molecule has 1 atom stereocenters. The van der Waals surface area contributed by atoms with Gasteiger partial charge in [-0.05, 0) is 87.6 Å². The quantitative estimate of drug-likeness (QED) is 0.398. The molecule has 0 aliphatic heterocycles. The Labute approximate surface area is 202 Å². The summed E-state index contributed by atoms with van der Waals surface area (Å²) >= 11 is 5.33. The Morgan fingerprint density at radius 1 is 1.03 bits per heavy atom. The van der Waals surface area contributed by atoms with Crippen LogP contribution in [0.15, 0.2) is 36.4 Å². The fraction of sp³-hybridized carbons (Fsp3) is 0.462. The van der Waals surface area contributed by atoms with Crippen molar-refractivity contribution in [1.82, 2.24) is 5.32 Å². The Bertz CT molecular complexity index is 968. The van der Waals surface area contributed by atoms with Crippen molar-refractivity contribution < 1.29 is 24.1 Å². The molecule has 2 aromatic carbocycles. The Morgan fingerprint density at radius 2 is 1.70 bits per heavy atom. The number of nitrogens with one attached hydrogen (secondary N) is 1. The minimum Gasteiger partial charge on any atom is -0.504 e. The molecule has 0 aromatic heterocycles. The van der Waals surface area contributed by atoms with Crippen molar-refractivity contribution in [3.8, 4) is 11.5 Å². The molecule has 0 heterocycles. The molecule has 7 heteroatoms. The summed E-state index contributed by atoms with van der Waals surface area (Å²) in [5.41, 5.74) is 3.95. The highest BCUT2D eigenvalue weighted by molar-refractivity contribution is 7.80. The van der Waals surface area contributed by atoms with E-state index in [1.165, 1.54) is 18.2 Å². The number of hydrogen-bond acceptors (Lipinski definition) is 6. The lowest BCUT2D eigenvalue weighted by Crippen LogP contribution is -2.30. The maximum Gasteiger partial charge on any atom is 0.311 e. The van der Waals surface area contributed by atoms with Crippen molar-refractivity contribution in [2.45, 2.75) is 47.6 Å². The summed E-state index contributed by atoms with van der Waals surface area (Å²) in [6.45, 7) is 10.7. The number of phenolic OH excluding ortho intramolecular Hbond substituents is 1. The van der Waals surface area contributed by atoms with E-state index in [0.717, 1.165) is 11.1 Å². The predicted molar refractivity (Wildman–Crippen MR) is 134 cm³/mol. The van der Waals surface area contributed by atoms with Gasteiger partial charge in [-0.25, -0.2) is 0 Å². The van der Waals surface area contributed by atoms with Gasteiger partial charge in [-0.3, -0.25) is 4.79 Å². The molecular formula is C26H35NO5S. The van der Waals surface area contributed by atoms with Crippen molar-refractivity contribution in [3.05, 3.63) is 58.7 Å². The molecule has 0 fully saturated rings. The second-order valence-electron chi connectivity index (χ2n) is 9.30. The molecule has 0 bridgehead atoms. The van der Waals surface area contributed by atoms with Crippen molar-refractivity contribution in [3.63, 3.8) is 0 Å². The van der Waals surface area contributed by atoms with Gasteiger partial charge in [0.25, 0.3) is 5.17 Å². The molecule has 2 rings (SSSR count). The number of methoxy groups -OCH3 is 1. The van der Waals surface area contributed by atoms with Gasteiger partial charge >= 0.3 is 5.97 Å². The van der Waals surface area contributed by atoms with Crippen molar-refractivity contribution in [2.75, 3.05) is 20.3 Å². The zero-order valence-electron chi connectivity index (χ0n) is 20.4. The van der Waals surface area contributed by atoms with E-state index in [9.17, 15) is 9.90 Å². The van der Waals surface area contributed by atoms with Crippen LogP contribution in [0.5, 0.6) is 11.5 Å². The van der Waals surface area contributed by atoms with E-state index in [0.29, 0.717) is 25.3 Å². The summed E-state index contributed by atoms with van der Waals surface area (Å²) in [4.78, 5) is 12.3. The number of phenols is 1. The highest BCUT2D eigenvalue weighted by atomic mass is 32.1. The third-order valence-electron chi connectivity index (χ3n) is 5.29. The first-order chi connectivity index (χ1) is 15.5. The lowest BCUT2D eigenvalue weighted by molar-refractivity contribution is -0.154. The maximum absolute atomic E-state index is 12.3. The fourth-order valence-electron chi connectivity index (χ4n) is 3.09. The number of carbonyl (C=O) groups is 1. The molecule has 33 heavy (non-hydrogen) atoms. The van der Waals surface area contributed by atoms with Crippen LogP contribution in [0.4, 0.5) is 0 Å². The molecule has 0 spiro atoms. The number of benzene rings is 2. The van der Waals surface area contributed by atoms with Crippen LogP contribution in [-0.2, 0) is 27.2 Å². The van der Waals surface area contributed by atoms with Crippen LogP contribution in [0, 0.1) is 25.2 Å². The summed E-state index contributed by atoms with van der Waals surface area (Å²) in [7, 11) is 1.50. The molecule has 180 valence electrons. The lowest BCUT2D eigenvalue weighted by Gasteiger charge is -2.22. The highest BCUT2D eigenvalue weighted by Gasteiger charge is 2.24. The fourth-order valence-corrected chi connectivity index (χ4v) is 3.23. The van der Waals surface area contributed by atoms with Crippen LogP contribution >= 0.6 is 12.2 Å². The van der Waals surface area contributed by atoms with E-state index in [1.807, 2.05) is 20.8 Å². The van der Waals surface area contributed by atoms with Crippen LogP contribution in [0.2, 0.25) is 0 Å². The average molecular weight is 474 g/mol. The van der Waals surface area contributed by atoms with E-state index in [-0.39, 0.29) is 29.4 Å². The maximum atomic E-state index is 12.3. The molecule has 0 amide bonds. The van der Waals surface area contributed by atoms with Crippen molar-refractivity contribution in [2.24, 2.45) is 11.3 Å². The smallest absolute Gasteiger partial charge is 0.311 e. The Morgan fingerprint density at radius 3 is 2.33 bits per heavy atom. The zero-order valence-corrected chi connectivity index (χ0v) is 21.2. The third-order valence-corrected chi connectivity index (χ3v) is 5.55. The summed E-state index contributed by atoms with van der Waals surface area (Å²) < 4.78 is 16.5. The largest absolute Gasteiger partial charge is 0.504 e. The Balaban J connectivity index is 1.96. The first-order valence-electron chi connectivity index (χ1n) is 11.0. The number of thiocarbonyl (C=S) groups is 1. The number of aryl methyl sites for hydroxylation is 2. The van der Waals surface area contributed by atoms with E-state index < -0.39 is 5.41 Å². The minimum absolute atomic E-state index is 0.0491. The van der Waals surface area contributed by atoms with Gasteiger partial charge in [-0.1, -0.05) is 24.3 Å². The zero-order chi connectivity index (χ0) is 24.6. The molecule has 0 saturated carbocycles. The Kier molecular flexibility index (Phi) is 9.53. The summed E-state index contributed by atoms with van der Waals surface area (Å²) in [6.07, 6.45) is 0.705. The molecule has 0 aliphatic carbocycles. The molecule has 0 aliphatic rings. The monoisotopic (exact) mass is 473 g/mol. The van der Waals surface area contributed by atoms with Gasteiger partial charge in [0.2, 0.25) is 0 Å². The molecule has 6 nitrogen and oxygen atoms in total. The lowest BCUT2D eigenvalue weighted by atomic mass is 9.96. The number of esters is 1. The van der Waals surface area contributed by atoms with Crippen LogP contribution in [0.25, 0.3) is 0 Å². The van der Waals surface area contributed by atoms with E-state index >= 15 is 0 Å². The average Bonchev–Trinajstić information content (AvgIpc) is 2.76. The number of rotatable bonds is 9. The van der Waals surface area contributed by atoms with Gasteiger partial charge in [-0.15, -0.1) is 0 Å². The van der Waals surface area contributed by atoms with E-state index in [1.54, 1.807) is 18.2 Å². The van der Waals surface area contributed by atoms with Crippen molar-refractivity contribution in [1.29, 1.82) is 0 Å². The van der Waals surface area contributed by atoms with Gasteiger partial charge in [0.05, 0.1) is 25.7 Å². The molecule has 2 N–H and O–H groups in total.